The molecule has 1 aromatic carbocycles. The van der Waals surface area contributed by atoms with Crippen LogP contribution in [0.5, 0.6) is 0 Å². The number of hydrogen-bond donors (Lipinski definition) is 2. The minimum absolute atomic E-state index is 0.427. The van der Waals surface area contributed by atoms with Gasteiger partial charge in [0.25, 0.3) is 0 Å². The summed E-state index contributed by atoms with van der Waals surface area (Å²) in [4.78, 5) is 3.39. The molecule has 2 saturated carbocycles. The number of nitrogens with one attached hydrogen (secondary N) is 2. The number of rotatable bonds is 3. The first-order valence-electron chi connectivity index (χ1n) is 8.29. The van der Waals surface area contributed by atoms with Crippen molar-refractivity contribution in [3.05, 3.63) is 36.0 Å². The molecule has 0 aliphatic heterocycles. The molecule has 4 rings (SSSR count). The Labute approximate surface area is 127 Å². The lowest BCUT2D eigenvalue weighted by Gasteiger charge is -2.43. The summed E-state index contributed by atoms with van der Waals surface area (Å²) in [6.07, 6.45) is 6.26. The highest BCUT2D eigenvalue weighted by Gasteiger charge is 2.58. The first-order chi connectivity index (χ1) is 10.0. The molecular formula is C19H26N2. The zero-order chi connectivity index (χ0) is 14.7. The highest BCUT2D eigenvalue weighted by molar-refractivity contribution is 5.82. The predicted octanol–water partition coefficient (Wildman–Crippen LogP) is 4.47. The average Bonchev–Trinajstić information content (AvgIpc) is 3.09. The molecule has 112 valence electrons. The fraction of sp³-hybridized carbons (Fsp3) is 0.579. The van der Waals surface area contributed by atoms with Crippen LogP contribution in [-0.2, 0) is 6.54 Å². The SMILES string of the molecule is CC12CCC(C1)C(C)(C)C2NCc1cccc2cc[nH]c12. The van der Waals surface area contributed by atoms with Crippen LogP contribution in [0.25, 0.3) is 10.9 Å². The van der Waals surface area contributed by atoms with Gasteiger partial charge in [-0.1, -0.05) is 39.0 Å². The third kappa shape index (κ3) is 1.88. The number of hydrogen-bond acceptors (Lipinski definition) is 1. The largest absolute Gasteiger partial charge is 0.361 e. The van der Waals surface area contributed by atoms with E-state index in [0.29, 0.717) is 16.9 Å². The Hall–Kier alpha value is -1.28. The maximum absolute atomic E-state index is 3.92. The zero-order valence-electron chi connectivity index (χ0n) is 13.4. The van der Waals surface area contributed by atoms with Crippen LogP contribution in [0.1, 0.15) is 45.6 Å². The molecule has 2 bridgehead atoms. The molecule has 3 atom stereocenters. The normalized spacial score (nSPS) is 33.9. The minimum Gasteiger partial charge on any atom is -0.361 e. The van der Waals surface area contributed by atoms with Crippen molar-refractivity contribution in [2.45, 2.75) is 52.6 Å². The fourth-order valence-corrected chi connectivity index (χ4v) is 5.32. The second kappa shape index (κ2) is 4.36. The Morgan fingerprint density at radius 2 is 2.10 bits per heavy atom. The third-order valence-corrected chi connectivity index (χ3v) is 6.44. The van der Waals surface area contributed by atoms with Gasteiger partial charge in [0.2, 0.25) is 0 Å². The van der Waals surface area contributed by atoms with E-state index in [-0.39, 0.29) is 0 Å². The van der Waals surface area contributed by atoms with Crippen LogP contribution in [0.4, 0.5) is 0 Å². The molecule has 2 aromatic rings. The van der Waals surface area contributed by atoms with Crippen LogP contribution in [-0.4, -0.2) is 11.0 Å². The van der Waals surface area contributed by atoms with Gasteiger partial charge in [-0.05, 0) is 53.0 Å². The first-order valence-corrected chi connectivity index (χ1v) is 8.29. The van der Waals surface area contributed by atoms with Crippen molar-refractivity contribution in [1.82, 2.24) is 10.3 Å². The molecule has 0 saturated heterocycles. The van der Waals surface area contributed by atoms with Gasteiger partial charge in [0.05, 0.1) is 0 Å². The van der Waals surface area contributed by atoms with Gasteiger partial charge in [-0.3, -0.25) is 0 Å². The van der Waals surface area contributed by atoms with Gasteiger partial charge >= 0.3 is 0 Å². The van der Waals surface area contributed by atoms with Gasteiger partial charge in [-0.15, -0.1) is 0 Å². The lowest BCUT2D eigenvalue weighted by Crippen LogP contribution is -2.49. The highest BCUT2D eigenvalue weighted by atomic mass is 15.0. The van der Waals surface area contributed by atoms with E-state index in [1.54, 1.807) is 0 Å². The van der Waals surface area contributed by atoms with Gasteiger partial charge in [0, 0.05) is 24.3 Å². The van der Waals surface area contributed by atoms with Crippen LogP contribution < -0.4 is 5.32 Å². The van der Waals surface area contributed by atoms with Crippen LogP contribution in [0.3, 0.4) is 0 Å². The Morgan fingerprint density at radius 1 is 1.24 bits per heavy atom. The lowest BCUT2D eigenvalue weighted by molar-refractivity contribution is 0.108. The Morgan fingerprint density at radius 3 is 2.86 bits per heavy atom. The summed E-state index contributed by atoms with van der Waals surface area (Å²) in [7, 11) is 0. The maximum Gasteiger partial charge on any atom is 0.0499 e. The van der Waals surface area contributed by atoms with Gasteiger partial charge in [-0.25, -0.2) is 0 Å². The lowest BCUT2D eigenvalue weighted by atomic mass is 9.68. The molecule has 3 unspecified atom stereocenters. The number of benzene rings is 1. The van der Waals surface area contributed by atoms with E-state index in [1.165, 1.54) is 35.7 Å². The number of H-pyrrole nitrogens is 1. The minimum atomic E-state index is 0.427. The molecule has 0 spiro atoms. The monoisotopic (exact) mass is 282 g/mol. The molecule has 1 heterocycles. The van der Waals surface area contributed by atoms with Gasteiger partial charge in [0.1, 0.15) is 0 Å². The molecule has 2 aliphatic rings. The molecule has 2 nitrogen and oxygen atoms in total. The molecule has 2 heteroatoms. The smallest absolute Gasteiger partial charge is 0.0499 e. The van der Waals surface area contributed by atoms with Gasteiger partial charge < -0.3 is 10.3 Å². The summed E-state index contributed by atoms with van der Waals surface area (Å²) in [6, 6.07) is 9.38. The van der Waals surface area contributed by atoms with Crippen LogP contribution in [0, 0.1) is 16.7 Å². The summed E-state index contributed by atoms with van der Waals surface area (Å²) in [5.74, 6) is 0.904. The van der Waals surface area contributed by atoms with E-state index < -0.39 is 0 Å². The van der Waals surface area contributed by atoms with Crippen molar-refractivity contribution in [3.8, 4) is 0 Å². The van der Waals surface area contributed by atoms with Crippen LogP contribution in [0.2, 0.25) is 0 Å². The Balaban J connectivity index is 1.58. The standard InChI is InChI=1S/C19H26N2/c1-18(2)15-7-9-19(3,11-15)17(18)21-12-14-6-4-5-13-8-10-20-16(13)14/h4-6,8,10,15,17,20-21H,7,9,11-12H2,1-3H3. The third-order valence-electron chi connectivity index (χ3n) is 6.44. The van der Waals surface area contributed by atoms with E-state index in [2.05, 4.69) is 55.3 Å². The topological polar surface area (TPSA) is 27.8 Å². The zero-order valence-corrected chi connectivity index (χ0v) is 13.4. The van der Waals surface area contributed by atoms with E-state index in [1.807, 2.05) is 6.20 Å². The predicted molar refractivity (Wildman–Crippen MR) is 88.2 cm³/mol. The summed E-state index contributed by atoms with van der Waals surface area (Å²) >= 11 is 0. The number of fused-ring (bicyclic) bond motifs is 3. The molecule has 2 N–H and O–H groups in total. The summed E-state index contributed by atoms with van der Waals surface area (Å²) < 4.78 is 0. The molecule has 0 radical (unpaired) electrons. The summed E-state index contributed by atoms with van der Waals surface area (Å²) in [5, 5.41) is 5.23. The van der Waals surface area contributed by atoms with Crippen LogP contribution >= 0.6 is 0 Å². The number of para-hydroxylation sites is 1. The molecule has 21 heavy (non-hydrogen) atoms. The average molecular weight is 282 g/mol. The molecule has 2 fully saturated rings. The van der Waals surface area contributed by atoms with Crippen molar-refractivity contribution in [3.63, 3.8) is 0 Å². The molecule has 1 aromatic heterocycles. The molecule has 0 amide bonds. The van der Waals surface area contributed by atoms with Gasteiger partial charge in [0.15, 0.2) is 0 Å². The van der Waals surface area contributed by atoms with Crippen molar-refractivity contribution >= 4 is 10.9 Å². The number of aromatic amines is 1. The van der Waals surface area contributed by atoms with Crippen molar-refractivity contribution in [2.75, 3.05) is 0 Å². The second-order valence-corrected chi connectivity index (χ2v) is 8.09. The van der Waals surface area contributed by atoms with Crippen molar-refractivity contribution in [1.29, 1.82) is 0 Å². The first kappa shape index (κ1) is 13.4. The molecule has 2 aliphatic carbocycles. The van der Waals surface area contributed by atoms with Crippen molar-refractivity contribution < 1.29 is 0 Å². The van der Waals surface area contributed by atoms with E-state index in [4.69, 9.17) is 0 Å². The van der Waals surface area contributed by atoms with E-state index in [9.17, 15) is 0 Å². The molecular weight excluding hydrogens is 256 g/mol. The quantitative estimate of drug-likeness (QED) is 0.854. The Kier molecular flexibility index (Phi) is 2.78. The fourth-order valence-electron chi connectivity index (χ4n) is 5.32. The van der Waals surface area contributed by atoms with E-state index in [0.717, 1.165) is 12.5 Å². The van der Waals surface area contributed by atoms with Crippen LogP contribution in [0.15, 0.2) is 30.5 Å². The van der Waals surface area contributed by atoms with Gasteiger partial charge in [-0.2, -0.15) is 0 Å². The number of aromatic nitrogens is 1. The van der Waals surface area contributed by atoms with Crippen molar-refractivity contribution in [2.24, 2.45) is 16.7 Å². The highest BCUT2D eigenvalue weighted by Crippen LogP contribution is 2.62. The maximum atomic E-state index is 3.92. The summed E-state index contributed by atoms with van der Waals surface area (Å²) in [5.41, 5.74) is 3.60. The Bertz CT molecular complexity index is 664. The second-order valence-electron chi connectivity index (χ2n) is 8.09. The van der Waals surface area contributed by atoms with E-state index >= 15 is 0 Å². The summed E-state index contributed by atoms with van der Waals surface area (Å²) in [6.45, 7) is 8.40.